The smallest absolute Gasteiger partial charge is 0.246 e. The number of carbonyl (C=O) groups excluding carboxylic acids is 3. The number of aliphatic hydroxyl groups is 1. The summed E-state index contributed by atoms with van der Waals surface area (Å²) in [7, 11) is 1.55. The fraction of sp³-hybridized carbons (Fsp3) is 0.444. The van der Waals surface area contributed by atoms with Crippen LogP contribution in [0.2, 0.25) is 0 Å². The first-order valence-electron chi connectivity index (χ1n) is 12.1. The summed E-state index contributed by atoms with van der Waals surface area (Å²) in [5.74, 6) is -2.45. The molecule has 3 heterocycles. The topological polar surface area (TPSA) is 108 Å². The molecule has 0 saturated carbocycles. The van der Waals surface area contributed by atoms with Gasteiger partial charge in [0.05, 0.1) is 30.1 Å². The molecule has 2 unspecified atom stereocenters. The third-order valence-corrected chi connectivity index (χ3v) is 7.99. The number of hydrogen-bond acceptors (Lipinski definition) is 5. The number of rotatable bonds is 7. The second-order valence-electron chi connectivity index (χ2n) is 9.90. The molecule has 1 spiro atoms. The predicted molar refractivity (Wildman–Crippen MR) is 128 cm³/mol. The zero-order valence-electron chi connectivity index (χ0n) is 19.9. The Hall–Kier alpha value is -3.23. The molecule has 3 aliphatic rings. The molecule has 0 aliphatic carbocycles. The number of fused-ring (bicyclic) bond motifs is 1. The van der Waals surface area contributed by atoms with Gasteiger partial charge in [-0.2, -0.15) is 0 Å². The normalized spacial score (nSPS) is 31.8. The zero-order valence-corrected chi connectivity index (χ0v) is 19.9. The van der Waals surface area contributed by atoms with E-state index in [4.69, 9.17) is 4.74 Å². The van der Waals surface area contributed by atoms with E-state index in [1.54, 1.807) is 7.05 Å². The van der Waals surface area contributed by atoms with Crippen molar-refractivity contribution in [3.63, 3.8) is 0 Å². The first kappa shape index (κ1) is 23.5. The van der Waals surface area contributed by atoms with Crippen molar-refractivity contribution >= 4 is 17.7 Å². The maximum absolute atomic E-state index is 14.1. The van der Waals surface area contributed by atoms with Crippen LogP contribution < -0.4 is 10.6 Å². The molecule has 3 fully saturated rings. The molecule has 0 radical (unpaired) electrons. The third kappa shape index (κ3) is 3.54. The number of nitrogens with one attached hydrogen (secondary N) is 2. The van der Waals surface area contributed by atoms with E-state index >= 15 is 0 Å². The Morgan fingerprint density at radius 2 is 1.74 bits per heavy atom. The van der Waals surface area contributed by atoms with Gasteiger partial charge in [-0.05, 0) is 30.9 Å². The number of carbonyl (C=O) groups is 3. The summed E-state index contributed by atoms with van der Waals surface area (Å²) >= 11 is 0. The van der Waals surface area contributed by atoms with Crippen molar-refractivity contribution in [2.75, 3.05) is 13.7 Å². The fourth-order valence-electron chi connectivity index (χ4n) is 6.47. The van der Waals surface area contributed by atoms with E-state index in [1.807, 2.05) is 67.6 Å². The first-order chi connectivity index (χ1) is 16.9. The third-order valence-electron chi connectivity index (χ3n) is 7.99. The second-order valence-corrected chi connectivity index (χ2v) is 9.90. The number of ether oxygens (including phenoxy) is 1. The standard InChI is InChI=1S/C27H31N3O5/c1-26-13-14-27(35-26)21(20(26)23(32)28-2)25(34)30(19(16-31)18-11-7-4-8-12-18)22(27)24(33)29-15-17-9-5-3-6-10-17/h3-12,19-22,31H,13-16H2,1-2H3,(H,28,32)(H,29,33)/t19-,20-,21+,22?,26+,27?/m1/s1. The van der Waals surface area contributed by atoms with Crippen molar-refractivity contribution in [3.8, 4) is 0 Å². The molecule has 8 heteroatoms. The number of aliphatic hydroxyl groups excluding tert-OH is 1. The molecule has 8 nitrogen and oxygen atoms in total. The SMILES string of the molecule is CNC(=O)[C@H]1[C@H]2C(=O)N([C@H](CO)c3ccccc3)C(C(=O)NCc3ccccc3)C23CC[C@]1(C)O3. The van der Waals surface area contributed by atoms with Gasteiger partial charge in [0.2, 0.25) is 17.7 Å². The van der Waals surface area contributed by atoms with Crippen LogP contribution in [-0.4, -0.2) is 58.6 Å². The van der Waals surface area contributed by atoms with Crippen molar-refractivity contribution in [2.24, 2.45) is 11.8 Å². The zero-order chi connectivity index (χ0) is 24.8. The monoisotopic (exact) mass is 477 g/mol. The Labute approximate surface area is 204 Å². The van der Waals surface area contributed by atoms with Gasteiger partial charge in [0.1, 0.15) is 11.6 Å². The molecule has 184 valence electrons. The Morgan fingerprint density at radius 1 is 1.09 bits per heavy atom. The highest BCUT2D eigenvalue weighted by atomic mass is 16.5. The van der Waals surface area contributed by atoms with Gasteiger partial charge in [0.15, 0.2) is 0 Å². The summed E-state index contributed by atoms with van der Waals surface area (Å²) in [6.45, 7) is 1.80. The van der Waals surface area contributed by atoms with Crippen molar-refractivity contribution in [1.82, 2.24) is 15.5 Å². The molecular formula is C27H31N3O5. The average Bonchev–Trinajstić information content (AvgIpc) is 3.45. The van der Waals surface area contributed by atoms with Crippen LogP contribution in [0.15, 0.2) is 60.7 Å². The summed E-state index contributed by atoms with van der Waals surface area (Å²) < 4.78 is 6.56. The molecule has 2 aromatic carbocycles. The highest BCUT2D eigenvalue weighted by molar-refractivity contribution is 5.99. The number of benzene rings is 2. The van der Waals surface area contributed by atoms with E-state index in [1.165, 1.54) is 4.90 Å². The Balaban J connectivity index is 1.57. The van der Waals surface area contributed by atoms with E-state index in [9.17, 15) is 19.5 Å². The summed E-state index contributed by atoms with van der Waals surface area (Å²) in [5.41, 5.74) is -0.310. The molecule has 3 aliphatic heterocycles. The molecule has 3 amide bonds. The number of amides is 3. The number of hydrogen-bond donors (Lipinski definition) is 3. The summed E-state index contributed by atoms with van der Waals surface area (Å²) in [4.78, 5) is 42.4. The molecule has 2 aromatic rings. The van der Waals surface area contributed by atoms with Gasteiger partial charge in [0.25, 0.3) is 0 Å². The lowest BCUT2D eigenvalue weighted by Crippen LogP contribution is -2.56. The summed E-state index contributed by atoms with van der Waals surface area (Å²) in [6.07, 6.45) is 1.06. The van der Waals surface area contributed by atoms with Crippen LogP contribution in [0.3, 0.4) is 0 Å². The fourth-order valence-corrected chi connectivity index (χ4v) is 6.47. The van der Waals surface area contributed by atoms with Crippen LogP contribution in [0.5, 0.6) is 0 Å². The highest BCUT2D eigenvalue weighted by Crippen LogP contribution is 2.64. The van der Waals surface area contributed by atoms with Crippen molar-refractivity contribution in [2.45, 2.75) is 49.6 Å². The maximum Gasteiger partial charge on any atom is 0.246 e. The Kier molecular flexibility index (Phi) is 5.89. The second kappa shape index (κ2) is 8.77. The minimum absolute atomic E-state index is 0.266. The van der Waals surface area contributed by atoms with E-state index in [2.05, 4.69) is 10.6 Å². The van der Waals surface area contributed by atoms with E-state index in [0.717, 1.165) is 11.1 Å². The van der Waals surface area contributed by atoms with Gasteiger partial charge in [0, 0.05) is 13.6 Å². The minimum atomic E-state index is -1.13. The van der Waals surface area contributed by atoms with E-state index in [0.29, 0.717) is 19.4 Å². The van der Waals surface area contributed by atoms with Gasteiger partial charge in [-0.25, -0.2) is 0 Å². The van der Waals surface area contributed by atoms with E-state index in [-0.39, 0.29) is 24.3 Å². The van der Waals surface area contributed by atoms with Gasteiger partial charge in [-0.3, -0.25) is 14.4 Å². The van der Waals surface area contributed by atoms with Crippen LogP contribution in [0.1, 0.15) is 36.9 Å². The van der Waals surface area contributed by atoms with Crippen molar-refractivity contribution in [1.29, 1.82) is 0 Å². The Morgan fingerprint density at radius 3 is 2.37 bits per heavy atom. The first-order valence-corrected chi connectivity index (χ1v) is 12.1. The largest absolute Gasteiger partial charge is 0.394 e. The molecule has 0 aromatic heterocycles. The average molecular weight is 478 g/mol. The quantitative estimate of drug-likeness (QED) is 0.561. The van der Waals surface area contributed by atoms with Gasteiger partial charge < -0.3 is 25.4 Å². The lowest BCUT2D eigenvalue weighted by atomic mass is 9.66. The minimum Gasteiger partial charge on any atom is -0.394 e. The molecule has 3 saturated heterocycles. The van der Waals surface area contributed by atoms with Crippen LogP contribution in [0.25, 0.3) is 0 Å². The molecule has 3 N–H and O–H groups in total. The van der Waals surface area contributed by atoms with E-state index < -0.39 is 35.1 Å². The number of likely N-dealkylation sites (tertiary alicyclic amines) is 1. The molecule has 5 rings (SSSR count). The summed E-state index contributed by atoms with van der Waals surface area (Å²) in [5, 5.41) is 16.1. The summed E-state index contributed by atoms with van der Waals surface area (Å²) in [6, 6.07) is 17.0. The van der Waals surface area contributed by atoms with Gasteiger partial charge in [-0.15, -0.1) is 0 Å². The van der Waals surface area contributed by atoms with Crippen LogP contribution >= 0.6 is 0 Å². The highest BCUT2D eigenvalue weighted by Gasteiger charge is 2.78. The van der Waals surface area contributed by atoms with Crippen LogP contribution in [0, 0.1) is 11.8 Å². The molecule has 6 atom stereocenters. The van der Waals surface area contributed by atoms with Crippen molar-refractivity contribution < 1.29 is 24.2 Å². The lowest BCUT2D eigenvalue weighted by Gasteiger charge is -2.37. The Bertz CT molecular complexity index is 1130. The van der Waals surface area contributed by atoms with Gasteiger partial charge >= 0.3 is 0 Å². The van der Waals surface area contributed by atoms with Crippen molar-refractivity contribution in [3.05, 3.63) is 71.8 Å². The maximum atomic E-state index is 14.1. The number of nitrogens with zero attached hydrogens (tertiary/aromatic N) is 1. The van der Waals surface area contributed by atoms with Crippen LogP contribution in [0.4, 0.5) is 0 Å². The van der Waals surface area contributed by atoms with Crippen LogP contribution in [-0.2, 0) is 25.7 Å². The molecular weight excluding hydrogens is 446 g/mol. The molecule has 2 bridgehead atoms. The lowest BCUT2D eigenvalue weighted by molar-refractivity contribution is -0.149. The van der Waals surface area contributed by atoms with Gasteiger partial charge in [-0.1, -0.05) is 60.7 Å². The molecule has 35 heavy (non-hydrogen) atoms. The predicted octanol–water partition coefficient (Wildman–Crippen LogP) is 1.55.